The van der Waals surface area contributed by atoms with Gasteiger partial charge in [-0.1, -0.05) is 0 Å². The van der Waals surface area contributed by atoms with E-state index in [0.29, 0.717) is 18.9 Å². The second-order valence-corrected chi connectivity index (χ2v) is 4.83. The van der Waals surface area contributed by atoms with Gasteiger partial charge in [0.1, 0.15) is 0 Å². The van der Waals surface area contributed by atoms with Gasteiger partial charge in [-0.15, -0.1) is 0 Å². The van der Waals surface area contributed by atoms with Crippen molar-refractivity contribution in [2.24, 2.45) is 16.8 Å². The number of fused-ring (bicyclic) bond motifs is 3. The van der Waals surface area contributed by atoms with Crippen LogP contribution in [0, 0.1) is 11.8 Å². The van der Waals surface area contributed by atoms with Crippen LogP contribution in [-0.2, 0) is 14.3 Å². The zero-order valence-electron chi connectivity index (χ0n) is 9.57. The van der Waals surface area contributed by atoms with E-state index >= 15 is 0 Å². The van der Waals surface area contributed by atoms with Gasteiger partial charge >= 0.3 is 5.97 Å². The number of carbonyl (C=O) groups excluding carboxylic acids is 2. The van der Waals surface area contributed by atoms with Crippen molar-refractivity contribution >= 4 is 12.0 Å². The smallest absolute Gasteiger partial charge is 0.309 e. The second-order valence-electron chi connectivity index (χ2n) is 4.83. The molecule has 0 spiro atoms. The van der Waals surface area contributed by atoms with Gasteiger partial charge in [-0.25, -0.2) is 4.79 Å². The Hall–Kier alpha value is -1.15. The number of esters is 1. The van der Waals surface area contributed by atoms with Crippen molar-refractivity contribution in [2.75, 3.05) is 6.61 Å². The van der Waals surface area contributed by atoms with Crippen molar-refractivity contribution < 1.29 is 14.3 Å². The highest BCUT2D eigenvalue weighted by Gasteiger charge is 2.49. The molecule has 3 rings (SSSR count). The molecule has 88 valence electrons. The van der Waals surface area contributed by atoms with E-state index in [1.54, 1.807) is 6.08 Å². The molecule has 3 aliphatic rings. The van der Waals surface area contributed by atoms with Crippen molar-refractivity contribution in [1.29, 1.82) is 0 Å². The Balaban J connectivity index is 2.13. The molecule has 0 N–H and O–H groups in total. The van der Waals surface area contributed by atoms with Crippen LogP contribution in [-0.4, -0.2) is 24.2 Å². The molecule has 0 aliphatic heterocycles. The van der Waals surface area contributed by atoms with E-state index in [9.17, 15) is 9.59 Å². The van der Waals surface area contributed by atoms with E-state index in [1.807, 2.05) is 6.92 Å². The molecule has 4 heteroatoms. The normalized spacial score (nSPS) is 36.6. The molecule has 1 unspecified atom stereocenters. The summed E-state index contributed by atoms with van der Waals surface area (Å²) in [7, 11) is 0. The number of nitrogens with zero attached hydrogens (tertiary/aromatic N) is 1. The molecule has 0 saturated heterocycles. The summed E-state index contributed by atoms with van der Waals surface area (Å²) in [5, 5.41) is 0. The third kappa shape index (κ3) is 1.90. The molecule has 0 amide bonds. The fourth-order valence-electron chi connectivity index (χ4n) is 3.14. The second kappa shape index (κ2) is 4.38. The fraction of sp³-hybridized carbons (Fsp3) is 0.833. The number of rotatable bonds is 3. The lowest BCUT2D eigenvalue weighted by atomic mass is 9.61. The molecular weight excluding hydrogens is 206 g/mol. The van der Waals surface area contributed by atoms with Gasteiger partial charge in [-0.3, -0.25) is 4.79 Å². The summed E-state index contributed by atoms with van der Waals surface area (Å²) >= 11 is 0. The standard InChI is InChI=1S/C12H17NO3/c1-2-16-11(15)10-7-12(13-8-14)5-3-9(10)4-6-12/h9-10H,2-7H2,1H3. The predicted molar refractivity (Wildman–Crippen MR) is 57.6 cm³/mol. The highest BCUT2D eigenvalue weighted by atomic mass is 16.5. The van der Waals surface area contributed by atoms with Crippen molar-refractivity contribution in [3.63, 3.8) is 0 Å². The van der Waals surface area contributed by atoms with Gasteiger partial charge in [0.05, 0.1) is 18.1 Å². The van der Waals surface area contributed by atoms with Gasteiger partial charge in [-0.05, 0) is 44.9 Å². The van der Waals surface area contributed by atoms with Crippen LogP contribution in [0.25, 0.3) is 0 Å². The Labute approximate surface area is 95.1 Å². The number of ether oxygens (including phenoxy) is 1. The molecule has 3 aliphatic carbocycles. The number of hydrogen-bond donors (Lipinski definition) is 0. The lowest BCUT2D eigenvalue weighted by molar-refractivity contribution is -0.154. The Kier molecular flexibility index (Phi) is 3.10. The SMILES string of the molecule is CCOC(=O)C1CC2(N=C=O)CCC1CC2. The van der Waals surface area contributed by atoms with Gasteiger partial charge in [0.2, 0.25) is 6.08 Å². The largest absolute Gasteiger partial charge is 0.466 e. The lowest BCUT2D eigenvalue weighted by Gasteiger charge is -2.46. The first-order valence-corrected chi connectivity index (χ1v) is 5.96. The molecule has 0 aromatic carbocycles. The summed E-state index contributed by atoms with van der Waals surface area (Å²) in [5.74, 6) is 0.264. The minimum atomic E-state index is -0.312. The maximum atomic E-state index is 11.8. The van der Waals surface area contributed by atoms with Crippen LogP contribution < -0.4 is 0 Å². The Morgan fingerprint density at radius 2 is 2.19 bits per heavy atom. The van der Waals surface area contributed by atoms with Crippen LogP contribution in [0.2, 0.25) is 0 Å². The van der Waals surface area contributed by atoms with Crippen molar-refractivity contribution in [1.82, 2.24) is 0 Å². The van der Waals surface area contributed by atoms with E-state index in [0.717, 1.165) is 25.7 Å². The van der Waals surface area contributed by atoms with E-state index in [2.05, 4.69) is 4.99 Å². The molecule has 0 aromatic rings. The van der Waals surface area contributed by atoms with Gasteiger partial charge in [0.15, 0.2) is 0 Å². The molecular formula is C12H17NO3. The molecule has 4 nitrogen and oxygen atoms in total. The van der Waals surface area contributed by atoms with E-state index < -0.39 is 0 Å². The molecule has 1 atom stereocenters. The predicted octanol–water partition coefficient (Wildman–Crippen LogP) is 1.83. The molecule has 16 heavy (non-hydrogen) atoms. The average molecular weight is 223 g/mol. The number of isocyanates is 1. The van der Waals surface area contributed by atoms with Gasteiger partial charge in [-0.2, -0.15) is 4.99 Å². The summed E-state index contributed by atoms with van der Waals surface area (Å²) in [4.78, 5) is 26.2. The zero-order valence-corrected chi connectivity index (χ0v) is 9.57. The minimum Gasteiger partial charge on any atom is -0.466 e. The quantitative estimate of drug-likeness (QED) is 0.416. The topological polar surface area (TPSA) is 55.7 Å². The van der Waals surface area contributed by atoms with Gasteiger partial charge < -0.3 is 4.74 Å². The van der Waals surface area contributed by atoms with Crippen LogP contribution >= 0.6 is 0 Å². The van der Waals surface area contributed by atoms with Crippen molar-refractivity contribution in [2.45, 2.75) is 44.6 Å². The Morgan fingerprint density at radius 3 is 2.75 bits per heavy atom. The van der Waals surface area contributed by atoms with Crippen LogP contribution in [0.3, 0.4) is 0 Å². The summed E-state index contributed by atoms with van der Waals surface area (Å²) in [6, 6.07) is 0. The fourth-order valence-corrected chi connectivity index (χ4v) is 3.14. The maximum absolute atomic E-state index is 11.8. The summed E-state index contributed by atoms with van der Waals surface area (Å²) < 4.78 is 5.08. The lowest BCUT2D eigenvalue weighted by Crippen LogP contribution is -2.46. The first kappa shape index (κ1) is 11.3. The van der Waals surface area contributed by atoms with Gasteiger partial charge in [0, 0.05) is 0 Å². The third-order valence-electron chi connectivity index (χ3n) is 4.00. The van der Waals surface area contributed by atoms with E-state index in [-0.39, 0.29) is 17.4 Å². The number of hydrogen-bond acceptors (Lipinski definition) is 4. The summed E-state index contributed by atoms with van der Waals surface area (Å²) in [6.45, 7) is 2.24. The zero-order chi connectivity index (χ0) is 11.6. The van der Waals surface area contributed by atoms with E-state index in [1.165, 1.54) is 0 Å². The first-order chi connectivity index (χ1) is 7.71. The Morgan fingerprint density at radius 1 is 1.50 bits per heavy atom. The molecule has 0 radical (unpaired) electrons. The minimum absolute atomic E-state index is 0.0560. The highest BCUT2D eigenvalue weighted by Crippen LogP contribution is 2.49. The highest BCUT2D eigenvalue weighted by molar-refractivity contribution is 5.73. The van der Waals surface area contributed by atoms with Crippen LogP contribution in [0.5, 0.6) is 0 Å². The summed E-state index contributed by atoms with van der Waals surface area (Å²) in [5.41, 5.74) is -0.312. The molecule has 3 fully saturated rings. The van der Waals surface area contributed by atoms with Crippen LogP contribution in [0.1, 0.15) is 39.0 Å². The monoisotopic (exact) mass is 223 g/mol. The third-order valence-corrected chi connectivity index (χ3v) is 4.00. The molecule has 2 bridgehead atoms. The van der Waals surface area contributed by atoms with Gasteiger partial charge in [0.25, 0.3) is 0 Å². The first-order valence-electron chi connectivity index (χ1n) is 5.96. The van der Waals surface area contributed by atoms with Crippen LogP contribution in [0.4, 0.5) is 0 Å². The number of carbonyl (C=O) groups is 1. The van der Waals surface area contributed by atoms with Crippen molar-refractivity contribution in [3.8, 4) is 0 Å². The number of aliphatic imine (C=N–C) groups is 1. The van der Waals surface area contributed by atoms with Crippen LogP contribution in [0.15, 0.2) is 4.99 Å². The molecule has 3 saturated carbocycles. The Bertz CT molecular complexity index is 325. The molecule has 0 aromatic heterocycles. The van der Waals surface area contributed by atoms with Crippen molar-refractivity contribution in [3.05, 3.63) is 0 Å². The molecule has 0 heterocycles. The van der Waals surface area contributed by atoms with E-state index in [4.69, 9.17) is 4.74 Å². The average Bonchev–Trinajstić information content (AvgIpc) is 2.30. The summed E-state index contributed by atoms with van der Waals surface area (Å²) in [6.07, 6.45) is 6.14. The maximum Gasteiger partial charge on any atom is 0.309 e.